The molecule has 0 aliphatic heterocycles. The second-order valence-corrected chi connectivity index (χ2v) is 27.7. The molecule has 3 heterocycles. The lowest BCUT2D eigenvalue weighted by atomic mass is 9.76. The zero-order chi connectivity index (χ0) is 55.6. The number of nitrogens with zero attached hydrogens (tertiary/aromatic N) is 4. The van der Waals surface area contributed by atoms with E-state index in [1.807, 2.05) is 100 Å². The fourth-order valence-electron chi connectivity index (χ4n) is 10.6. The number of carboxylic acids is 1. The van der Waals surface area contributed by atoms with E-state index >= 15 is 0 Å². The summed E-state index contributed by atoms with van der Waals surface area (Å²) in [5.41, 5.74) is 12.8. The number of aromatic nitrogens is 4. The Kier molecular flexibility index (Phi) is 19.6. The second-order valence-electron chi connectivity index (χ2n) is 22.0. The minimum Gasteiger partial charge on any atom is -0.480 e. The van der Waals surface area contributed by atoms with Gasteiger partial charge in [-0.1, -0.05) is 68.2 Å². The lowest BCUT2D eigenvalue weighted by molar-refractivity contribution is -0.139. The third-order valence-electron chi connectivity index (χ3n) is 14.7. The van der Waals surface area contributed by atoms with Gasteiger partial charge in [-0.3, -0.25) is 19.2 Å². The first-order valence-electron chi connectivity index (χ1n) is 26.8. The molecule has 15 nitrogen and oxygen atoms in total. The Hall–Kier alpha value is -6.72. The monoisotopic (exact) mass is 1060 g/mol. The van der Waals surface area contributed by atoms with Gasteiger partial charge in [-0.2, -0.15) is 5.10 Å². The Morgan fingerprint density at radius 3 is 1.68 bits per heavy atom. The number of nitrogens with one attached hydrogen (secondary N) is 3. The number of amides is 1. The molecule has 3 aromatic heterocycles. The Morgan fingerprint density at radius 2 is 1.19 bits per heavy atom. The van der Waals surface area contributed by atoms with Gasteiger partial charge in [-0.15, -0.1) is 0 Å². The van der Waals surface area contributed by atoms with E-state index < -0.39 is 26.1 Å². The van der Waals surface area contributed by atoms with Crippen LogP contribution in [0, 0.1) is 13.8 Å². The number of benzene rings is 3. The Labute approximate surface area is 454 Å². The Morgan fingerprint density at radius 1 is 0.714 bits per heavy atom. The summed E-state index contributed by atoms with van der Waals surface area (Å²) >= 11 is 0. The fraction of sp³-hybridized carbons (Fsp3) is 0.407. The number of pyridine rings is 2. The van der Waals surface area contributed by atoms with Crippen molar-refractivity contribution in [2.24, 2.45) is 0 Å². The van der Waals surface area contributed by atoms with Gasteiger partial charge in [0.25, 0.3) is 25.9 Å². The number of anilines is 1. The fourth-order valence-corrected chi connectivity index (χ4v) is 11.4. The van der Waals surface area contributed by atoms with Crippen molar-refractivity contribution in [1.29, 1.82) is 0 Å². The number of fused-ring (bicyclic) bond motifs is 2. The number of hydrogen-bond acceptors (Lipinski definition) is 10. The van der Waals surface area contributed by atoms with E-state index in [0.717, 1.165) is 120 Å². The van der Waals surface area contributed by atoms with Crippen LogP contribution in [0.25, 0.3) is 33.4 Å². The van der Waals surface area contributed by atoms with Gasteiger partial charge in [0.05, 0.1) is 24.1 Å². The molecule has 18 heteroatoms. The molecule has 2 radical (unpaired) electrons. The maximum atomic E-state index is 13.9. The number of carbonyl (C=O) groups excluding carboxylic acids is 3. The van der Waals surface area contributed by atoms with Crippen LogP contribution >= 0.6 is 0 Å². The first-order chi connectivity index (χ1) is 36.8. The molecule has 3 aromatic carbocycles. The minimum absolute atomic E-state index is 0.0360. The summed E-state index contributed by atoms with van der Waals surface area (Å²) in [4.78, 5) is 72.3. The lowest BCUT2D eigenvalue weighted by Crippen LogP contribution is -2.47. The predicted molar refractivity (Wildman–Crippen MR) is 311 cm³/mol. The van der Waals surface area contributed by atoms with Crippen molar-refractivity contribution >= 4 is 52.8 Å². The molecule has 4 N–H and O–H groups in total. The van der Waals surface area contributed by atoms with Gasteiger partial charge in [0.1, 0.15) is 12.8 Å². The first-order valence-corrected chi connectivity index (χ1v) is 30.5. The smallest absolute Gasteiger partial charge is 0.320 e. The van der Waals surface area contributed by atoms with Crippen LogP contribution in [0.2, 0.25) is 25.7 Å². The molecule has 2 aliphatic carbocycles. The van der Waals surface area contributed by atoms with Crippen molar-refractivity contribution in [3.63, 3.8) is 0 Å². The standard InChI is InChI=1S/C38H49BN5O4Si.C21H24BN2O4/c1-25(2)43-22-31(15-18-35(43)46)30-12-11-28-9-8-10-33(34(28)21-30)37(41-39-23-45)38(47)40-32-16-13-29(14-17-32)36-26(3)42-44(27(36)4)24-48-19-20-49(5,6)7;1-13(2)24-11-16(8-9-19(24)26)15-7-6-14-4-3-5-17(18(14)10-15)20(21(27)28)23-22-12-25/h11-18,21-23,25,33,37,41H,8-10,19-20,24H2,1-7H3,(H,40,47);6-13,17,20,23H,3-5H2,1-2H3,(H,27,28)/t33-,37+;17-,20+/m11/s1. The van der Waals surface area contributed by atoms with E-state index in [0.29, 0.717) is 24.8 Å². The quantitative estimate of drug-likeness (QED) is 0.0305. The van der Waals surface area contributed by atoms with Crippen molar-refractivity contribution in [3.8, 4) is 33.4 Å². The summed E-state index contributed by atoms with van der Waals surface area (Å²) in [6, 6.07) is 26.8. The molecular formula is C59H73B2N7O8Si. The summed E-state index contributed by atoms with van der Waals surface area (Å²) in [6.07, 6.45) is 10.2. The topological polar surface area (TPSA) is 196 Å². The van der Waals surface area contributed by atoms with E-state index in [4.69, 9.17) is 9.84 Å². The van der Waals surface area contributed by atoms with Gasteiger partial charge in [0.15, 0.2) is 0 Å². The highest BCUT2D eigenvalue weighted by atomic mass is 28.3. The van der Waals surface area contributed by atoms with E-state index in [9.17, 15) is 33.9 Å². The summed E-state index contributed by atoms with van der Waals surface area (Å²) in [5, 5.41) is 23.3. The number of aliphatic carboxylic acids is 1. The average Bonchev–Trinajstić information content (AvgIpc) is 3.68. The molecule has 0 spiro atoms. The molecule has 2 aliphatic rings. The van der Waals surface area contributed by atoms with Crippen LogP contribution in [0.4, 0.5) is 5.69 Å². The van der Waals surface area contributed by atoms with Crippen LogP contribution in [0.1, 0.15) is 111 Å². The van der Waals surface area contributed by atoms with E-state index in [2.05, 4.69) is 60.5 Å². The van der Waals surface area contributed by atoms with Crippen LogP contribution in [0.5, 0.6) is 0 Å². The largest absolute Gasteiger partial charge is 0.480 e. The number of aryl methyl sites for hydroxylation is 3. The van der Waals surface area contributed by atoms with Gasteiger partial charge in [-0.05, 0) is 160 Å². The maximum Gasteiger partial charge on any atom is 0.320 e. The van der Waals surface area contributed by atoms with Crippen LogP contribution in [0.15, 0.2) is 107 Å². The molecule has 8 rings (SSSR count). The third-order valence-corrected chi connectivity index (χ3v) is 16.4. The summed E-state index contributed by atoms with van der Waals surface area (Å²) < 4.78 is 11.3. The summed E-state index contributed by atoms with van der Waals surface area (Å²) in [6.45, 7) is 20.1. The molecule has 402 valence electrons. The first kappa shape index (κ1) is 58.0. The van der Waals surface area contributed by atoms with E-state index in [1.165, 1.54) is 13.0 Å². The number of ether oxygens (including phenoxy) is 1. The van der Waals surface area contributed by atoms with Crippen LogP contribution in [0.3, 0.4) is 0 Å². The van der Waals surface area contributed by atoms with Crippen LogP contribution < -0.4 is 26.9 Å². The van der Waals surface area contributed by atoms with Gasteiger partial charge in [0.2, 0.25) is 5.91 Å². The number of carboxylic acid groups (broad SMARTS) is 1. The summed E-state index contributed by atoms with van der Waals surface area (Å²) in [7, 11) is 1.29. The Balaban J connectivity index is 0.000000260. The van der Waals surface area contributed by atoms with Gasteiger partial charge in [0, 0.05) is 80.1 Å². The molecule has 77 heavy (non-hydrogen) atoms. The zero-order valence-electron chi connectivity index (χ0n) is 46.0. The van der Waals surface area contributed by atoms with Gasteiger partial charge < -0.3 is 44.3 Å². The molecular weight excluding hydrogens is 984 g/mol. The van der Waals surface area contributed by atoms with Crippen molar-refractivity contribution in [2.45, 2.75) is 148 Å². The molecule has 6 aromatic rings. The predicted octanol–water partition coefficient (Wildman–Crippen LogP) is 9.08. The highest BCUT2D eigenvalue weighted by Crippen LogP contribution is 2.39. The van der Waals surface area contributed by atoms with Gasteiger partial charge in [-0.25, -0.2) is 4.68 Å². The SMILES string of the molecule is CC(C)n1cc(-c2ccc3c(c2)[C@H]([C@H](N[B]C=O)C(=O)O)CCC3)ccc1=O.Cc1nn(COCC[Si](C)(C)C)c(C)c1-c1ccc(NC(=O)[C@@H](N[B]C=O)[C@@H]2CCCc3ccc(-c4ccc(=O)n(C(C)C)c4)cc32)cc1. The van der Waals surface area contributed by atoms with E-state index in [1.54, 1.807) is 27.3 Å². The average molecular weight is 1060 g/mol. The minimum atomic E-state index is -1.16. The molecule has 0 saturated heterocycles. The lowest BCUT2D eigenvalue weighted by Gasteiger charge is -2.32. The molecule has 4 atom stereocenters. The van der Waals surface area contributed by atoms with Crippen molar-refractivity contribution in [1.82, 2.24) is 29.4 Å². The maximum absolute atomic E-state index is 13.9. The molecule has 0 fully saturated rings. The van der Waals surface area contributed by atoms with Crippen molar-refractivity contribution in [2.75, 3.05) is 11.9 Å². The highest BCUT2D eigenvalue weighted by Gasteiger charge is 2.34. The van der Waals surface area contributed by atoms with Crippen molar-refractivity contribution in [3.05, 3.63) is 152 Å². The number of rotatable bonds is 21. The molecule has 0 bridgehead atoms. The molecule has 0 unspecified atom stereocenters. The number of hydrogen-bond donors (Lipinski definition) is 4. The van der Waals surface area contributed by atoms with Crippen molar-refractivity contribution < 1.29 is 29.0 Å². The van der Waals surface area contributed by atoms with Gasteiger partial charge >= 0.3 is 5.97 Å². The molecule has 1 amide bonds. The summed E-state index contributed by atoms with van der Waals surface area (Å²) in [5.74, 6) is -1.57. The Bertz CT molecular complexity index is 3180. The van der Waals surface area contributed by atoms with Crippen LogP contribution in [-0.4, -0.2) is 89.9 Å². The zero-order valence-corrected chi connectivity index (χ0v) is 47.0. The van der Waals surface area contributed by atoms with Crippen LogP contribution in [-0.2, 0) is 43.5 Å². The highest BCUT2D eigenvalue weighted by molar-refractivity contribution is 6.76. The normalized spacial score (nSPS) is 15.8. The third kappa shape index (κ3) is 14.5. The van der Waals surface area contributed by atoms with E-state index in [-0.39, 0.29) is 40.9 Å². The second kappa shape index (κ2) is 26.1. The number of carbonyl (C=O) groups is 4. The molecule has 0 saturated carbocycles.